The highest BCUT2D eigenvalue weighted by molar-refractivity contribution is 5.84. The molecule has 1 aliphatic carbocycles. The van der Waals surface area contributed by atoms with Crippen LogP contribution in [0.25, 0.3) is 0 Å². The molecule has 16 heavy (non-hydrogen) atoms. The molecule has 5 nitrogen and oxygen atoms in total. The predicted molar refractivity (Wildman–Crippen MR) is 56.1 cm³/mol. The molecule has 0 aromatic carbocycles. The first-order chi connectivity index (χ1) is 7.66. The molecule has 1 heterocycles. The van der Waals surface area contributed by atoms with Gasteiger partial charge in [0.2, 0.25) is 5.76 Å². The molecule has 0 amide bonds. The van der Waals surface area contributed by atoms with Crippen molar-refractivity contribution in [1.82, 2.24) is 5.32 Å². The van der Waals surface area contributed by atoms with E-state index in [2.05, 4.69) is 5.32 Å². The molecule has 3 N–H and O–H groups in total. The number of carboxylic acid groups (broad SMARTS) is 1. The summed E-state index contributed by atoms with van der Waals surface area (Å²) in [4.78, 5) is 10.5. The van der Waals surface area contributed by atoms with Crippen molar-refractivity contribution in [1.29, 1.82) is 0 Å². The zero-order valence-corrected chi connectivity index (χ0v) is 8.85. The number of nitrogens with one attached hydrogen (secondary N) is 1. The SMILES string of the molecule is O=C(O)c1ccc(CNCC(O)C2CC2)o1. The Morgan fingerprint density at radius 3 is 2.88 bits per heavy atom. The lowest BCUT2D eigenvalue weighted by Crippen LogP contribution is -2.27. The van der Waals surface area contributed by atoms with Gasteiger partial charge in [0.05, 0.1) is 12.6 Å². The predicted octanol–water partition coefficient (Wildman–Crippen LogP) is 0.838. The van der Waals surface area contributed by atoms with Crippen LogP contribution in [0.15, 0.2) is 16.5 Å². The third-order valence-corrected chi connectivity index (χ3v) is 2.69. The van der Waals surface area contributed by atoms with Gasteiger partial charge in [-0.1, -0.05) is 0 Å². The van der Waals surface area contributed by atoms with Crippen LogP contribution < -0.4 is 5.32 Å². The molecule has 1 aromatic rings. The monoisotopic (exact) mass is 225 g/mol. The zero-order valence-electron chi connectivity index (χ0n) is 8.85. The number of hydrogen-bond acceptors (Lipinski definition) is 4. The van der Waals surface area contributed by atoms with Crippen LogP contribution in [0, 0.1) is 5.92 Å². The van der Waals surface area contributed by atoms with E-state index in [0.29, 0.717) is 24.8 Å². The van der Waals surface area contributed by atoms with E-state index in [-0.39, 0.29) is 11.9 Å². The lowest BCUT2D eigenvalue weighted by atomic mass is 10.2. The van der Waals surface area contributed by atoms with Crippen LogP contribution in [0.5, 0.6) is 0 Å². The molecule has 5 heteroatoms. The maximum Gasteiger partial charge on any atom is 0.371 e. The Hall–Kier alpha value is -1.33. The molecule has 88 valence electrons. The van der Waals surface area contributed by atoms with E-state index in [1.807, 2.05) is 0 Å². The number of aliphatic hydroxyl groups excluding tert-OH is 1. The van der Waals surface area contributed by atoms with Gasteiger partial charge in [-0.15, -0.1) is 0 Å². The second kappa shape index (κ2) is 4.67. The fourth-order valence-corrected chi connectivity index (χ4v) is 1.58. The maximum absolute atomic E-state index is 10.5. The van der Waals surface area contributed by atoms with Gasteiger partial charge in [-0.05, 0) is 30.9 Å². The Balaban J connectivity index is 1.73. The summed E-state index contributed by atoms with van der Waals surface area (Å²) >= 11 is 0. The fourth-order valence-electron chi connectivity index (χ4n) is 1.58. The summed E-state index contributed by atoms with van der Waals surface area (Å²) < 4.78 is 5.06. The van der Waals surface area contributed by atoms with Crippen molar-refractivity contribution in [3.05, 3.63) is 23.7 Å². The number of carboxylic acids is 1. The molecular formula is C11H15NO4. The average Bonchev–Trinajstić information content (AvgIpc) is 2.98. The second-order valence-corrected chi connectivity index (χ2v) is 4.11. The van der Waals surface area contributed by atoms with Gasteiger partial charge in [-0.3, -0.25) is 0 Å². The Labute approximate surface area is 93.1 Å². The van der Waals surface area contributed by atoms with Gasteiger partial charge in [-0.25, -0.2) is 4.79 Å². The zero-order chi connectivity index (χ0) is 11.5. The van der Waals surface area contributed by atoms with Crippen LogP contribution >= 0.6 is 0 Å². The lowest BCUT2D eigenvalue weighted by Gasteiger charge is -2.09. The van der Waals surface area contributed by atoms with E-state index >= 15 is 0 Å². The second-order valence-electron chi connectivity index (χ2n) is 4.11. The minimum atomic E-state index is -1.07. The molecule has 2 rings (SSSR count). The molecule has 0 aliphatic heterocycles. The molecule has 1 atom stereocenters. The van der Waals surface area contributed by atoms with E-state index in [4.69, 9.17) is 9.52 Å². The normalized spacial score (nSPS) is 17.3. The quantitative estimate of drug-likeness (QED) is 0.668. The van der Waals surface area contributed by atoms with Gasteiger partial charge in [0.15, 0.2) is 0 Å². The van der Waals surface area contributed by atoms with Gasteiger partial charge in [0, 0.05) is 6.54 Å². The maximum atomic E-state index is 10.5. The van der Waals surface area contributed by atoms with Crippen LogP contribution in [0.1, 0.15) is 29.2 Å². The van der Waals surface area contributed by atoms with E-state index in [1.54, 1.807) is 6.07 Å². The average molecular weight is 225 g/mol. The largest absolute Gasteiger partial charge is 0.475 e. The lowest BCUT2D eigenvalue weighted by molar-refractivity contribution is 0.0659. The highest BCUT2D eigenvalue weighted by Crippen LogP contribution is 2.32. The highest BCUT2D eigenvalue weighted by Gasteiger charge is 2.29. The molecule has 0 saturated heterocycles. The van der Waals surface area contributed by atoms with Crippen LogP contribution in [0.3, 0.4) is 0 Å². The molecule has 1 fully saturated rings. The van der Waals surface area contributed by atoms with Gasteiger partial charge in [0.1, 0.15) is 5.76 Å². The standard InChI is InChI=1S/C11H15NO4/c13-9(7-1-2-7)6-12-5-8-3-4-10(16-8)11(14)15/h3-4,7,9,12-13H,1-2,5-6H2,(H,14,15). The van der Waals surface area contributed by atoms with Crippen molar-refractivity contribution in [2.45, 2.75) is 25.5 Å². The number of hydrogen-bond donors (Lipinski definition) is 3. The molecule has 1 aliphatic rings. The number of furan rings is 1. The first-order valence-electron chi connectivity index (χ1n) is 5.37. The number of rotatable bonds is 6. The minimum absolute atomic E-state index is 0.0560. The van der Waals surface area contributed by atoms with Gasteiger partial charge in [-0.2, -0.15) is 0 Å². The Kier molecular flexibility index (Phi) is 3.26. The van der Waals surface area contributed by atoms with Crippen LogP contribution in [-0.2, 0) is 6.54 Å². The van der Waals surface area contributed by atoms with Gasteiger partial charge < -0.3 is 19.9 Å². The molecule has 1 saturated carbocycles. The molecule has 0 bridgehead atoms. The topological polar surface area (TPSA) is 82.7 Å². The Morgan fingerprint density at radius 1 is 1.56 bits per heavy atom. The smallest absolute Gasteiger partial charge is 0.371 e. The molecule has 1 aromatic heterocycles. The minimum Gasteiger partial charge on any atom is -0.475 e. The molecular weight excluding hydrogens is 210 g/mol. The van der Waals surface area contributed by atoms with Crippen LogP contribution in [0.4, 0.5) is 0 Å². The summed E-state index contributed by atoms with van der Waals surface area (Å²) in [5.74, 6) is -0.108. The number of carbonyl (C=O) groups is 1. The Bertz CT molecular complexity index is 370. The Morgan fingerprint density at radius 2 is 2.31 bits per heavy atom. The van der Waals surface area contributed by atoms with Crippen molar-refractivity contribution < 1.29 is 19.4 Å². The van der Waals surface area contributed by atoms with E-state index in [0.717, 1.165) is 12.8 Å². The van der Waals surface area contributed by atoms with Gasteiger partial charge >= 0.3 is 5.97 Å². The van der Waals surface area contributed by atoms with E-state index in [9.17, 15) is 9.90 Å². The number of aromatic carboxylic acids is 1. The van der Waals surface area contributed by atoms with Crippen molar-refractivity contribution in [2.24, 2.45) is 5.92 Å². The molecule has 1 unspecified atom stereocenters. The third kappa shape index (κ3) is 2.84. The summed E-state index contributed by atoms with van der Waals surface area (Å²) in [7, 11) is 0. The van der Waals surface area contributed by atoms with Crippen LogP contribution in [-0.4, -0.2) is 28.8 Å². The third-order valence-electron chi connectivity index (χ3n) is 2.69. The summed E-state index contributed by atoms with van der Waals surface area (Å²) in [5, 5.41) is 21.3. The first kappa shape index (κ1) is 11.2. The summed E-state index contributed by atoms with van der Waals surface area (Å²) in [6, 6.07) is 3.05. The van der Waals surface area contributed by atoms with Crippen molar-refractivity contribution in [3.8, 4) is 0 Å². The van der Waals surface area contributed by atoms with E-state index in [1.165, 1.54) is 6.07 Å². The van der Waals surface area contributed by atoms with Crippen molar-refractivity contribution in [2.75, 3.05) is 6.54 Å². The van der Waals surface area contributed by atoms with Crippen molar-refractivity contribution >= 4 is 5.97 Å². The summed E-state index contributed by atoms with van der Waals surface area (Å²) in [5.41, 5.74) is 0. The van der Waals surface area contributed by atoms with E-state index < -0.39 is 5.97 Å². The highest BCUT2D eigenvalue weighted by atomic mass is 16.4. The van der Waals surface area contributed by atoms with Crippen molar-refractivity contribution in [3.63, 3.8) is 0 Å². The van der Waals surface area contributed by atoms with Crippen LogP contribution in [0.2, 0.25) is 0 Å². The molecule has 0 radical (unpaired) electrons. The summed E-state index contributed by atoms with van der Waals surface area (Å²) in [6.45, 7) is 0.963. The first-order valence-corrected chi connectivity index (χ1v) is 5.37. The van der Waals surface area contributed by atoms with Gasteiger partial charge in [0.25, 0.3) is 0 Å². The fraction of sp³-hybridized carbons (Fsp3) is 0.545. The molecule has 0 spiro atoms. The summed E-state index contributed by atoms with van der Waals surface area (Å²) in [6.07, 6.45) is 1.91. The number of aliphatic hydroxyl groups is 1.